The highest BCUT2D eigenvalue weighted by Gasteiger charge is 2.24. The summed E-state index contributed by atoms with van der Waals surface area (Å²) in [6.07, 6.45) is 2.36. The molecule has 3 N–H and O–H groups in total. The minimum absolute atomic E-state index is 0.0463. The number of rotatable bonds is 6. The van der Waals surface area contributed by atoms with E-state index < -0.39 is 0 Å². The number of hydrogen-bond acceptors (Lipinski definition) is 4. The second-order valence-electron chi connectivity index (χ2n) is 6.39. The van der Waals surface area contributed by atoms with Crippen molar-refractivity contribution in [2.45, 2.75) is 53.9 Å². The highest BCUT2D eigenvalue weighted by molar-refractivity contribution is 7.15. The summed E-state index contributed by atoms with van der Waals surface area (Å²) < 4.78 is 0. The highest BCUT2D eigenvalue weighted by atomic mass is 32.1. The van der Waals surface area contributed by atoms with Gasteiger partial charge in [-0.25, -0.2) is 4.98 Å². The van der Waals surface area contributed by atoms with E-state index in [1.807, 2.05) is 13.8 Å². The van der Waals surface area contributed by atoms with Crippen molar-refractivity contribution in [3.8, 4) is 0 Å². The molecule has 0 aliphatic heterocycles. The van der Waals surface area contributed by atoms with E-state index in [-0.39, 0.29) is 11.3 Å². The third kappa shape index (κ3) is 5.21. The van der Waals surface area contributed by atoms with Crippen molar-refractivity contribution in [3.63, 3.8) is 0 Å². The lowest BCUT2D eigenvalue weighted by Crippen LogP contribution is -2.25. The van der Waals surface area contributed by atoms with Gasteiger partial charge in [-0.3, -0.25) is 4.79 Å². The van der Waals surface area contributed by atoms with Gasteiger partial charge in [-0.15, -0.1) is 11.3 Å². The largest absolute Gasteiger partial charge is 0.330 e. The molecule has 1 heterocycles. The van der Waals surface area contributed by atoms with Crippen LogP contribution in [0.4, 0.5) is 5.13 Å². The number of aryl methyl sites for hydroxylation is 2. The van der Waals surface area contributed by atoms with E-state index in [0.29, 0.717) is 24.0 Å². The summed E-state index contributed by atoms with van der Waals surface area (Å²) in [7, 11) is 0. The van der Waals surface area contributed by atoms with Crippen LogP contribution in [0.1, 0.15) is 50.6 Å². The van der Waals surface area contributed by atoms with Crippen LogP contribution < -0.4 is 11.1 Å². The van der Waals surface area contributed by atoms with E-state index >= 15 is 0 Å². The molecule has 114 valence electrons. The Balaban J connectivity index is 2.49. The zero-order valence-corrected chi connectivity index (χ0v) is 14.1. The molecule has 0 aromatic carbocycles. The van der Waals surface area contributed by atoms with Gasteiger partial charge in [0.15, 0.2) is 5.13 Å². The molecule has 5 heteroatoms. The molecule has 1 aromatic heterocycles. The van der Waals surface area contributed by atoms with Crippen LogP contribution in [-0.4, -0.2) is 17.4 Å². The molecular formula is C15H27N3OS. The van der Waals surface area contributed by atoms with Gasteiger partial charge in [-0.1, -0.05) is 20.8 Å². The van der Waals surface area contributed by atoms with E-state index in [1.54, 1.807) is 0 Å². The molecule has 20 heavy (non-hydrogen) atoms. The van der Waals surface area contributed by atoms with Crippen molar-refractivity contribution in [3.05, 3.63) is 10.6 Å². The predicted molar refractivity (Wildman–Crippen MR) is 86.1 cm³/mol. The number of thiazole rings is 1. The van der Waals surface area contributed by atoms with Gasteiger partial charge >= 0.3 is 0 Å². The average Bonchev–Trinajstić information content (AvgIpc) is 2.62. The van der Waals surface area contributed by atoms with Crippen molar-refractivity contribution < 1.29 is 4.79 Å². The van der Waals surface area contributed by atoms with Gasteiger partial charge in [0.05, 0.1) is 5.69 Å². The van der Waals surface area contributed by atoms with Crippen molar-refractivity contribution >= 4 is 22.4 Å². The monoisotopic (exact) mass is 297 g/mol. The van der Waals surface area contributed by atoms with Gasteiger partial charge in [0.25, 0.3) is 0 Å². The molecule has 0 aliphatic rings. The molecule has 0 fully saturated rings. The molecule has 1 rings (SSSR count). The van der Waals surface area contributed by atoms with Gasteiger partial charge in [0.2, 0.25) is 5.91 Å². The van der Waals surface area contributed by atoms with Crippen LogP contribution >= 0.6 is 11.3 Å². The number of hydrogen-bond donors (Lipinski definition) is 2. The number of anilines is 1. The van der Waals surface area contributed by atoms with Gasteiger partial charge in [-0.05, 0) is 44.6 Å². The fourth-order valence-corrected chi connectivity index (χ4v) is 3.06. The lowest BCUT2D eigenvalue weighted by atomic mass is 9.76. The number of aromatic nitrogens is 1. The topological polar surface area (TPSA) is 68.0 Å². The van der Waals surface area contributed by atoms with Crippen LogP contribution in [0.25, 0.3) is 0 Å². The van der Waals surface area contributed by atoms with Crippen LogP contribution in [0.3, 0.4) is 0 Å². The Morgan fingerprint density at radius 1 is 1.35 bits per heavy atom. The maximum Gasteiger partial charge on any atom is 0.226 e. The van der Waals surface area contributed by atoms with Crippen LogP contribution in [-0.2, 0) is 4.79 Å². The summed E-state index contributed by atoms with van der Waals surface area (Å²) >= 11 is 1.53. The fraction of sp³-hybridized carbons (Fsp3) is 0.733. The molecule has 1 amide bonds. The second-order valence-corrected chi connectivity index (χ2v) is 7.59. The lowest BCUT2D eigenvalue weighted by Gasteiger charge is -2.30. The molecule has 1 aromatic rings. The molecule has 0 saturated heterocycles. The first kappa shape index (κ1) is 17.1. The zero-order chi connectivity index (χ0) is 15.3. The van der Waals surface area contributed by atoms with Crippen LogP contribution in [0.2, 0.25) is 0 Å². The number of nitrogens with two attached hydrogens (primary N) is 1. The predicted octanol–water partition coefficient (Wildman–Crippen LogP) is 3.49. The molecule has 0 bridgehead atoms. The second kappa shape index (κ2) is 7.18. The smallest absolute Gasteiger partial charge is 0.226 e. The molecule has 0 radical (unpaired) electrons. The normalized spacial score (nSPS) is 13.3. The summed E-state index contributed by atoms with van der Waals surface area (Å²) in [6.45, 7) is 11.3. The standard InChI is InChI=1S/C15H27N3OS/c1-10-11(2)20-14(17-10)18-13(19)7-6-12(8-9-16)15(3,4)5/h12H,6-9,16H2,1-5H3,(H,17,18,19). The minimum Gasteiger partial charge on any atom is -0.330 e. The van der Waals surface area contributed by atoms with Crippen molar-refractivity contribution in [1.82, 2.24) is 4.98 Å². The molecule has 0 aliphatic carbocycles. The number of amides is 1. The van der Waals surface area contributed by atoms with E-state index in [1.165, 1.54) is 11.3 Å². The Kier molecular flexibility index (Phi) is 6.14. The SMILES string of the molecule is Cc1nc(NC(=O)CCC(CCN)C(C)(C)C)sc1C. The van der Waals surface area contributed by atoms with Crippen LogP contribution in [0, 0.1) is 25.2 Å². The van der Waals surface area contributed by atoms with Gasteiger partial charge in [-0.2, -0.15) is 0 Å². The molecule has 0 saturated carbocycles. The first-order valence-electron chi connectivity index (χ1n) is 7.18. The Labute approximate surface area is 126 Å². The molecular weight excluding hydrogens is 270 g/mol. The minimum atomic E-state index is 0.0463. The maximum atomic E-state index is 12.0. The number of carbonyl (C=O) groups excluding carboxylic acids is 1. The van der Waals surface area contributed by atoms with Gasteiger partial charge in [0.1, 0.15) is 0 Å². The zero-order valence-electron chi connectivity index (χ0n) is 13.2. The third-order valence-corrected chi connectivity index (χ3v) is 4.72. The number of nitrogens with one attached hydrogen (secondary N) is 1. The molecule has 4 nitrogen and oxygen atoms in total. The molecule has 1 unspecified atom stereocenters. The maximum absolute atomic E-state index is 12.0. The van der Waals surface area contributed by atoms with Crippen LogP contribution in [0.5, 0.6) is 0 Å². The van der Waals surface area contributed by atoms with E-state index in [9.17, 15) is 4.79 Å². The van der Waals surface area contributed by atoms with Crippen molar-refractivity contribution in [2.75, 3.05) is 11.9 Å². The number of nitrogens with zero attached hydrogens (tertiary/aromatic N) is 1. The van der Waals surface area contributed by atoms with Gasteiger partial charge in [0, 0.05) is 11.3 Å². The molecule has 0 spiro atoms. The Hall–Kier alpha value is -0.940. The summed E-state index contributed by atoms with van der Waals surface area (Å²) in [6, 6.07) is 0. The van der Waals surface area contributed by atoms with E-state index in [2.05, 4.69) is 31.1 Å². The van der Waals surface area contributed by atoms with Crippen molar-refractivity contribution in [2.24, 2.45) is 17.1 Å². The summed E-state index contributed by atoms with van der Waals surface area (Å²) in [5.74, 6) is 0.517. The number of carbonyl (C=O) groups is 1. The average molecular weight is 297 g/mol. The first-order valence-corrected chi connectivity index (χ1v) is 7.99. The lowest BCUT2D eigenvalue weighted by molar-refractivity contribution is -0.116. The highest BCUT2D eigenvalue weighted by Crippen LogP contribution is 2.32. The summed E-state index contributed by atoms with van der Waals surface area (Å²) in [5.41, 5.74) is 6.84. The molecule has 1 atom stereocenters. The quantitative estimate of drug-likeness (QED) is 0.844. The van der Waals surface area contributed by atoms with Gasteiger partial charge < -0.3 is 11.1 Å². The Morgan fingerprint density at radius 2 is 2.00 bits per heavy atom. The first-order chi connectivity index (χ1) is 9.24. The van der Waals surface area contributed by atoms with E-state index in [0.717, 1.165) is 23.4 Å². The fourth-order valence-electron chi connectivity index (χ4n) is 2.22. The Morgan fingerprint density at radius 3 is 2.45 bits per heavy atom. The van der Waals surface area contributed by atoms with Crippen LogP contribution in [0.15, 0.2) is 0 Å². The summed E-state index contributed by atoms with van der Waals surface area (Å²) in [5, 5.41) is 3.59. The third-order valence-electron chi connectivity index (χ3n) is 3.73. The van der Waals surface area contributed by atoms with E-state index in [4.69, 9.17) is 5.73 Å². The summed E-state index contributed by atoms with van der Waals surface area (Å²) in [4.78, 5) is 17.5. The van der Waals surface area contributed by atoms with Crippen molar-refractivity contribution in [1.29, 1.82) is 0 Å². The Bertz CT molecular complexity index is 429.